The van der Waals surface area contributed by atoms with Gasteiger partial charge in [0.1, 0.15) is 6.61 Å². The van der Waals surface area contributed by atoms with Crippen LogP contribution in [0.2, 0.25) is 0 Å². The van der Waals surface area contributed by atoms with E-state index in [1.807, 2.05) is 6.92 Å². The van der Waals surface area contributed by atoms with Gasteiger partial charge in [-0.15, -0.1) is 0 Å². The molecule has 0 heterocycles. The molecule has 0 aliphatic rings. The molecule has 70 valence electrons. The van der Waals surface area contributed by atoms with Crippen molar-refractivity contribution in [1.29, 1.82) is 0 Å². The molecule has 3 nitrogen and oxygen atoms in total. The summed E-state index contributed by atoms with van der Waals surface area (Å²) in [6.07, 6.45) is 2.43. The van der Waals surface area contributed by atoms with Gasteiger partial charge in [0.2, 0.25) is 0 Å². The van der Waals surface area contributed by atoms with Crippen molar-refractivity contribution in [3.8, 4) is 0 Å². The molecular weight excluding hydrogens is 271 g/mol. The lowest BCUT2D eigenvalue weighted by Crippen LogP contribution is -2.06. The van der Waals surface area contributed by atoms with Gasteiger partial charge in [0.05, 0.1) is 7.11 Å². The van der Waals surface area contributed by atoms with Gasteiger partial charge < -0.3 is 9.47 Å². The molecular formula is C8H13IO3. The monoisotopic (exact) mass is 284 g/mol. The van der Waals surface area contributed by atoms with Crippen LogP contribution in [-0.2, 0) is 9.47 Å². The summed E-state index contributed by atoms with van der Waals surface area (Å²) >= 11 is 2.29. The van der Waals surface area contributed by atoms with E-state index in [1.165, 1.54) is 7.11 Å². The van der Waals surface area contributed by atoms with E-state index in [1.54, 1.807) is 0 Å². The minimum Gasteiger partial charge on any atom is -0.438 e. The van der Waals surface area contributed by atoms with Crippen molar-refractivity contribution in [3.05, 3.63) is 11.6 Å². The summed E-state index contributed by atoms with van der Waals surface area (Å²) in [7, 11) is 1.30. The summed E-state index contributed by atoms with van der Waals surface area (Å²) in [6.45, 7) is 2.25. The van der Waals surface area contributed by atoms with Gasteiger partial charge in [0.25, 0.3) is 0 Å². The minimum atomic E-state index is -0.628. The third-order valence-corrected chi connectivity index (χ3v) is 1.81. The molecule has 0 aliphatic heterocycles. The SMILES string of the molecule is COC(=O)OC/C(C)=C\CCI. The zero-order valence-electron chi connectivity index (χ0n) is 7.30. The lowest BCUT2D eigenvalue weighted by Gasteiger charge is -2.02. The van der Waals surface area contributed by atoms with Gasteiger partial charge in [-0.05, 0) is 18.9 Å². The summed E-state index contributed by atoms with van der Waals surface area (Å²) < 4.78 is 10.1. The second-order valence-corrected chi connectivity index (χ2v) is 3.35. The van der Waals surface area contributed by atoms with Crippen LogP contribution in [0.5, 0.6) is 0 Å². The Hall–Kier alpha value is -0.260. The molecule has 0 aromatic rings. The van der Waals surface area contributed by atoms with E-state index in [0.717, 1.165) is 16.4 Å². The van der Waals surface area contributed by atoms with E-state index in [-0.39, 0.29) is 0 Å². The summed E-state index contributed by atoms with van der Waals surface area (Å²) in [6, 6.07) is 0. The summed E-state index contributed by atoms with van der Waals surface area (Å²) in [5.41, 5.74) is 1.05. The largest absolute Gasteiger partial charge is 0.508 e. The maximum Gasteiger partial charge on any atom is 0.508 e. The number of methoxy groups -OCH3 is 1. The average molecular weight is 284 g/mol. The molecule has 0 aliphatic carbocycles. The second-order valence-electron chi connectivity index (χ2n) is 2.27. The van der Waals surface area contributed by atoms with Crippen LogP contribution in [0.15, 0.2) is 11.6 Å². The van der Waals surface area contributed by atoms with E-state index >= 15 is 0 Å². The Morgan fingerprint density at radius 3 is 2.75 bits per heavy atom. The third-order valence-electron chi connectivity index (χ3n) is 1.19. The predicted molar refractivity (Wildman–Crippen MR) is 55.6 cm³/mol. The van der Waals surface area contributed by atoms with Crippen molar-refractivity contribution in [2.24, 2.45) is 0 Å². The Bertz CT molecular complexity index is 166. The van der Waals surface area contributed by atoms with E-state index in [9.17, 15) is 4.79 Å². The zero-order chi connectivity index (χ0) is 9.40. The number of alkyl halides is 1. The van der Waals surface area contributed by atoms with Gasteiger partial charge in [0.15, 0.2) is 0 Å². The molecule has 0 bridgehead atoms. The van der Waals surface area contributed by atoms with Gasteiger partial charge in [-0.3, -0.25) is 0 Å². The van der Waals surface area contributed by atoms with Crippen LogP contribution in [0.3, 0.4) is 0 Å². The number of allylic oxidation sites excluding steroid dienone is 1. The van der Waals surface area contributed by atoms with Crippen LogP contribution in [0.1, 0.15) is 13.3 Å². The van der Waals surface area contributed by atoms with Gasteiger partial charge in [-0.1, -0.05) is 28.7 Å². The van der Waals surface area contributed by atoms with E-state index < -0.39 is 6.16 Å². The van der Waals surface area contributed by atoms with Crippen LogP contribution in [0, 0.1) is 0 Å². The van der Waals surface area contributed by atoms with Gasteiger partial charge in [-0.25, -0.2) is 4.79 Å². The highest BCUT2D eigenvalue weighted by molar-refractivity contribution is 14.1. The summed E-state index contributed by atoms with van der Waals surface area (Å²) in [4.78, 5) is 10.5. The first-order chi connectivity index (χ1) is 5.70. The van der Waals surface area contributed by atoms with Gasteiger partial charge in [0, 0.05) is 4.43 Å². The number of carbonyl (C=O) groups is 1. The molecule has 0 radical (unpaired) electrons. The smallest absolute Gasteiger partial charge is 0.438 e. The first kappa shape index (κ1) is 11.7. The van der Waals surface area contributed by atoms with Crippen molar-refractivity contribution in [2.75, 3.05) is 18.1 Å². The molecule has 12 heavy (non-hydrogen) atoms. The molecule has 0 atom stereocenters. The molecule has 0 unspecified atom stereocenters. The van der Waals surface area contributed by atoms with Gasteiger partial charge in [-0.2, -0.15) is 0 Å². The number of carbonyl (C=O) groups excluding carboxylic acids is 1. The standard InChI is InChI=1S/C8H13IO3/c1-7(4-3-5-9)6-12-8(10)11-2/h4H,3,5-6H2,1-2H3/b7-4-. The number of rotatable bonds is 4. The van der Waals surface area contributed by atoms with Crippen molar-refractivity contribution >= 4 is 28.7 Å². The quantitative estimate of drug-likeness (QED) is 0.344. The average Bonchev–Trinajstić information content (AvgIpc) is 2.10. The predicted octanol–water partition coefficient (Wildman–Crippen LogP) is 2.54. The number of hydrogen-bond acceptors (Lipinski definition) is 3. The molecule has 0 rings (SSSR count). The summed E-state index contributed by atoms with van der Waals surface area (Å²) in [5.74, 6) is 0. The molecule has 0 aromatic heterocycles. The summed E-state index contributed by atoms with van der Waals surface area (Å²) in [5, 5.41) is 0. The molecule has 0 aromatic carbocycles. The molecule has 4 heteroatoms. The van der Waals surface area contributed by atoms with Gasteiger partial charge >= 0.3 is 6.16 Å². The Labute approximate surface area is 86.3 Å². The maximum atomic E-state index is 10.5. The lowest BCUT2D eigenvalue weighted by molar-refractivity contribution is 0.0798. The fourth-order valence-electron chi connectivity index (χ4n) is 0.592. The van der Waals surface area contributed by atoms with Crippen LogP contribution < -0.4 is 0 Å². The third kappa shape index (κ3) is 6.45. The minimum absolute atomic E-state index is 0.323. The maximum absolute atomic E-state index is 10.5. The topological polar surface area (TPSA) is 35.5 Å². The highest BCUT2D eigenvalue weighted by Gasteiger charge is 1.99. The van der Waals surface area contributed by atoms with E-state index in [2.05, 4.69) is 33.4 Å². The first-order valence-corrected chi connectivity index (χ1v) is 5.15. The van der Waals surface area contributed by atoms with E-state index in [4.69, 9.17) is 4.74 Å². The Morgan fingerprint density at radius 2 is 2.25 bits per heavy atom. The van der Waals surface area contributed by atoms with Crippen LogP contribution in [-0.4, -0.2) is 24.3 Å². The molecule has 0 saturated heterocycles. The van der Waals surface area contributed by atoms with Crippen LogP contribution in [0.4, 0.5) is 4.79 Å². The van der Waals surface area contributed by atoms with Crippen LogP contribution >= 0.6 is 22.6 Å². The number of hydrogen-bond donors (Lipinski definition) is 0. The van der Waals surface area contributed by atoms with Crippen molar-refractivity contribution < 1.29 is 14.3 Å². The molecule has 0 spiro atoms. The van der Waals surface area contributed by atoms with Crippen LogP contribution in [0.25, 0.3) is 0 Å². The number of halogens is 1. The highest BCUT2D eigenvalue weighted by atomic mass is 127. The fraction of sp³-hybridized carbons (Fsp3) is 0.625. The zero-order valence-corrected chi connectivity index (χ0v) is 9.46. The second kappa shape index (κ2) is 7.39. The fourth-order valence-corrected chi connectivity index (χ4v) is 0.903. The Kier molecular flexibility index (Phi) is 7.23. The van der Waals surface area contributed by atoms with Crippen molar-refractivity contribution in [3.63, 3.8) is 0 Å². The Morgan fingerprint density at radius 1 is 1.58 bits per heavy atom. The lowest BCUT2D eigenvalue weighted by atomic mass is 10.3. The van der Waals surface area contributed by atoms with Crippen molar-refractivity contribution in [2.45, 2.75) is 13.3 Å². The number of ether oxygens (including phenoxy) is 2. The molecule has 0 amide bonds. The normalized spacial score (nSPS) is 11.1. The Balaban J connectivity index is 3.55. The molecule has 0 saturated carbocycles. The molecule has 0 fully saturated rings. The molecule has 0 N–H and O–H groups in total. The first-order valence-electron chi connectivity index (χ1n) is 3.63. The van der Waals surface area contributed by atoms with Crippen molar-refractivity contribution in [1.82, 2.24) is 0 Å². The van der Waals surface area contributed by atoms with E-state index in [0.29, 0.717) is 6.61 Å². The highest BCUT2D eigenvalue weighted by Crippen LogP contribution is 1.99.